The smallest absolute Gasteiger partial charge is 0.0701 e. The molecule has 0 atom stereocenters. The monoisotopic (exact) mass is 330 g/mol. The van der Waals surface area contributed by atoms with E-state index in [9.17, 15) is 0 Å². The second kappa shape index (κ2) is 5.59. The Balaban J connectivity index is 1.61. The van der Waals surface area contributed by atoms with E-state index in [1.807, 2.05) is 11.3 Å². The zero-order valence-electron chi connectivity index (χ0n) is 10.5. The molecule has 2 saturated heterocycles. The summed E-state index contributed by atoms with van der Waals surface area (Å²) in [6.45, 7) is 7.62. The molecule has 2 aliphatic heterocycles. The number of hydrogen-bond donors (Lipinski definition) is 1. The molecule has 3 heterocycles. The van der Waals surface area contributed by atoms with Crippen LogP contribution in [-0.4, -0.2) is 50.8 Å². The molecule has 3 rings (SSSR count). The van der Waals surface area contributed by atoms with Crippen LogP contribution >= 0.6 is 27.3 Å². The van der Waals surface area contributed by atoms with Gasteiger partial charge in [0.25, 0.3) is 0 Å². The molecule has 3 nitrogen and oxygen atoms in total. The van der Waals surface area contributed by atoms with E-state index >= 15 is 0 Å². The Bertz CT molecular complexity index is 399. The maximum absolute atomic E-state index is 5.50. The molecule has 1 aromatic heterocycles. The van der Waals surface area contributed by atoms with Gasteiger partial charge in [0.1, 0.15) is 0 Å². The third-order valence-electron chi connectivity index (χ3n) is 3.97. The Morgan fingerprint density at radius 2 is 2.11 bits per heavy atom. The molecule has 1 aromatic rings. The van der Waals surface area contributed by atoms with Crippen LogP contribution < -0.4 is 5.32 Å². The van der Waals surface area contributed by atoms with Crippen LogP contribution in [0.4, 0.5) is 0 Å². The molecule has 1 N–H and O–H groups in total. The highest BCUT2D eigenvalue weighted by Gasteiger charge is 2.41. The van der Waals surface area contributed by atoms with Gasteiger partial charge in [0, 0.05) is 31.1 Å². The van der Waals surface area contributed by atoms with Crippen LogP contribution in [-0.2, 0) is 10.2 Å². The summed E-state index contributed by atoms with van der Waals surface area (Å²) in [5.41, 5.74) is 0.293. The van der Waals surface area contributed by atoms with Crippen molar-refractivity contribution in [3.8, 4) is 0 Å². The number of nitrogens with zero attached hydrogens (tertiary/aromatic N) is 1. The molecule has 2 fully saturated rings. The molecule has 0 radical (unpaired) electrons. The average Bonchev–Trinajstić information content (AvgIpc) is 2.76. The van der Waals surface area contributed by atoms with Gasteiger partial charge in [0.2, 0.25) is 0 Å². The molecule has 0 aromatic carbocycles. The maximum atomic E-state index is 5.50. The Morgan fingerprint density at radius 3 is 2.67 bits per heavy atom. The van der Waals surface area contributed by atoms with E-state index < -0.39 is 0 Å². The summed E-state index contributed by atoms with van der Waals surface area (Å²) >= 11 is 5.43. The van der Waals surface area contributed by atoms with Gasteiger partial charge in [-0.2, -0.15) is 0 Å². The fourth-order valence-electron chi connectivity index (χ4n) is 2.66. The van der Waals surface area contributed by atoms with Gasteiger partial charge in [-0.25, -0.2) is 0 Å². The molecule has 0 aliphatic carbocycles. The lowest BCUT2D eigenvalue weighted by atomic mass is 9.80. The zero-order valence-corrected chi connectivity index (χ0v) is 12.9. The van der Waals surface area contributed by atoms with Crippen molar-refractivity contribution >= 4 is 27.3 Å². The van der Waals surface area contributed by atoms with Crippen LogP contribution in [0.1, 0.15) is 11.3 Å². The largest absolute Gasteiger partial charge is 0.379 e. The SMILES string of the molecule is Brc1ccc(C2(CCN3CCNCC3)COC2)s1. The predicted octanol–water partition coefficient (Wildman–Crippen LogP) is 2.07. The van der Waals surface area contributed by atoms with E-state index in [2.05, 4.69) is 38.3 Å². The summed E-state index contributed by atoms with van der Waals surface area (Å²) < 4.78 is 6.73. The summed E-state index contributed by atoms with van der Waals surface area (Å²) in [7, 11) is 0. The maximum Gasteiger partial charge on any atom is 0.0701 e. The highest BCUT2D eigenvalue weighted by atomic mass is 79.9. The van der Waals surface area contributed by atoms with E-state index in [0.717, 1.165) is 26.3 Å². The number of rotatable bonds is 4. The Kier molecular flexibility index (Phi) is 4.06. The van der Waals surface area contributed by atoms with Crippen molar-refractivity contribution in [3.05, 3.63) is 20.8 Å². The summed E-state index contributed by atoms with van der Waals surface area (Å²) in [5.74, 6) is 0. The Labute approximate surface area is 121 Å². The van der Waals surface area contributed by atoms with Crippen LogP contribution in [0.5, 0.6) is 0 Å². The normalized spacial score (nSPS) is 23.8. The van der Waals surface area contributed by atoms with Gasteiger partial charge in [-0.05, 0) is 41.0 Å². The molecule has 0 saturated carbocycles. The van der Waals surface area contributed by atoms with Crippen molar-refractivity contribution in [3.63, 3.8) is 0 Å². The molecule has 0 unspecified atom stereocenters. The van der Waals surface area contributed by atoms with Crippen molar-refractivity contribution in [1.29, 1.82) is 0 Å². The third-order valence-corrected chi connectivity index (χ3v) is 5.84. The van der Waals surface area contributed by atoms with Gasteiger partial charge in [-0.15, -0.1) is 11.3 Å². The van der Waals surface area contributed by atoms with Gasteiger partial charge in [-0.1, -0.05) is 0 Å². The standard InChI is InChI=1S/C13H19BrN2OS/c14-12-2-1-11(18-12)13(9-17-10-13)3-6-16-7-4-15-5-8-16/h1-2,15H,3-10H2. The minimum absolute atomic E-state index is 0.293. The summed E-state index contributed by atoms with van der Waals surface area (Å²) in [6.07, 6.45) is 1.22. The van der Waals surface area contributed by atoms with Gasteiger partial charge in [-0.3, -0.25) is 0 Å². The highest BCUT2D eigenvalue weighted by molar-refractivity contribution is 9.11. The molecule has 100 valence electrons. The van der Waals surface area contributed by atoms with E-state index in [1.54, 1.807) is 0 Å². The van der Waals surface area contributed by atoms with Crippen molar-refractivity contribution in [2.24, 2.45) is 0 Å². The molecular formula is C13H19BrN2OS. The number of hydrogen-bond acceptors (Lipinski definition) is 4. The minimum Gasteiger partial charge on any atom is -0.379 e. The Hall–Kier alpha value is 0.0600. The van der Waals surface area contributed by atoms with E-state index in [4.69, 9.17) is 4.74 Å². The molecule has 2 aliphatic rings. The van der Waals surface area contributed by atoms with Crippen molar-refractivity contribution in [2.45, 2.75) is 11.8 Å². The zero-order chi connectivity index (χ0) is 12.4. The van der Waals surface area contributed by atoms with Crippen molar-refractivity contribution in [2.75, 3.05) is 45.9 Å². The van der Waals surface area contributed by atoms with Crippen molar-refractivity contribution < 1.29 is 4.74 Å². The lowest BCUT2D eigenvalue weighted by Gasteiger charge is -2.42. The summed E-state index contributed by atoms with van der Waals surface area (Å²) in [5, 5.41) is 3.40. The van der Waals surface area contributed by atoms with E-state index in [0.29, 0.717) is 5.41 Å². The first kappa shape index (κ1) is 13.1. The van der Waals surface area contributed by atoms with Gasteiger partial charge in [0.05, 0.1) is 22.4 Å². The van der Waals surface area contributed by atoms with Crippen LogP contribution in [0.15, 0.2) is 15.9 Å². The van der Waals surface area contributed by atoms with Gasteiger partial charge >= 0.3 is 0 Å². The minimum atomic E-state index is 0.293. The van der Waals surface area contributed by atoms with Gasteiger partial charge in [0.15, 0.2) is 0 Å². The number of ether oxygens (including phenoxy) is 1. The Morgan fingerprint density at radius 1 is 1.33 bits per heavy atom. The molecule has 0 amide bonds. The van der Waals surface area contributed by atoms with Crippen LogP contribution in [0, 0.1) is 0 Å². The first-order chi connectivity index (χ1) is 8.78. The molecular weight excluding hydrogens is 312 g/mol. The second-order valence-electron chi connectivity index (χ2n) is 5.22. The lowest BCUT2D eigenvalue weighted by Crippen LogP contribution is -2.50. The molecule has 18 heavy (non-hydrogen) atoms. The molecule has 0 spiro atoms. The number of thiophene rings is 1. The summed E-state index contributed by atoms with van der Waals surface area (Å²) in [4.78, 5) is 4.05. The fraction of sp³-hybridized carbons (Fsp3) is 0.692. The number of piperazine rings is 1. The first-order valence-electron chi connectivity index (χ1n) is 6.55. The van der Waals surface area contributed by atoms with E-state index in [-0.39, 0.29) is 0 Å². The lowest BCUT2D eigenvalue weighted by molar-refractivity contribution is -0.0660. The quantitative estimate of drug-likeness (QED) is 0.914. The number of nitrogens with one attached hydrogen (secondary N) is 1. The van der Waals surface area contributed by atoms with Crippen LogP contribution in [0.2, 0.25) is 0 Å². The van der Waals surface area contributed by atoms with Crippen molar-refractivity contribution in [1.82, 2.24) is 10.2 Å². The van der Waals surface area contributed by atoms with Crippen LogP contribution in [0.3, 0.4) is 0 Å². The first-order valence-corrected chi connectivity index (χ1v) is 8.16. The molecule has 5 heteroatoms. The van der Waals surface area contributed by atoms with Crippen LogP contribution in [0.25, 0.3) is 0 Å². The highest BCUT2D eigenvalue weighted by Crippen LogP contribution is 2.40. The second-order valence-corrected chi connectivity index (χ2v) is 7.68. The van der Waals surface area contributed by atoms with E-state index in [1.165, 1.54) is 34.7 Å². The van der Waals surface area contributed by atoms with Gasteiger partial charge < -0.3 is 15.0 Å². The topological polar surface area (TPSA) is 24.5 Å². The average molecular weight is 331 g/mol. The molecule has 0 bridgehead atoms. The number of halogens is 1. The fourth-order valence-corrected chi connectivity index (χ4v) is 4.24. The summed E-state index contributed by atoms with van der Waals surface area (Å²) in [6, 6.07) is 4.42. The predicted molar refractivity (Wildman–Crippen MR) is 78.4 cm³/mol. The third kappa shape index (κ3) is 2.65.